The summed E-state index contributed by atoms with van der Waals surface area (Å²) in [6.07, 6.45) is 3.20. The number of carbonyl (C=O) groups is 1. The highest BCUT2D eigenvalue weighted by Crippen LogP contribution is 1.86. The number of esters is 1. The SMILES string of the molecule is C=COC(=O)CC=CO. The van der Waals surface area contributed by atoms with E-state index in [1.807, 2.05) is 0 Å². The van der Waals surface area contributed by atoms with E-state index in [4.69, 9.17) is 5.11 Å². The minimum absolute atomic E-state index is 0.0719. The van der Waals surface area contributed by atoms with Gasteiger partial charge in [0.25, 0.3) is 0 Å². The standard InChI is InChI=1S/C6H8O3/c1-2-9-6(8)4-3-5-7/h2-3,5,7H,1,4H2. The summed E-state index contributed by atoms with van der Waals surface area (Å²) in [6, 6.07) is 0. The summed E-state index contributed by atoms with van der Waals surface area (Å²) in [5.41, 5.74) is 0. The van der Waals surface area contributed by atoms with Crippen LogP contribution in [0.1, 0.15) is 6.42 Å². The van der Waals surface area contributed by atoms with Crippen molar-refractivity contribution in [1.82, 2.24) is 0 Å². The Labute approximate surface area is 53.3 Å². The van der Waals surface area contributed by atoms with Gasteiger partial charge in [-0.05, 0) is 6.08 Å². The lowest BCUT2D eigenvalue weighted by Gasteiger charge is -1.90. The van der Waals surface area contributed by atoms with Crippen molar-refractivity contribution < 1.29 is 14.6 Å². The van der Waals surface area contributed by atoms with Gasteiger partial charge in [-0.3, -0.25) is 4.79 Å². The number of hydrogen-bond acceptors (Lipinski definition) is 3. The lowest BCUT2D eigenvalue weighted by molar-refractivity contribution is -0.136. The monoisotopic (exact) mass is 128 g/mol. The van der Waals surface area contributed by atoms with Crippen LogP contribution in [0, 0.1) is 0 Å². The molecule has 0 heterocycles. The van der Waals surface area contributed by atoms with Crippen molar-refractivity contribution in [1.29, 1.82) is 0 Å². The van der Waals surface area contributed by atoms with Gasteiger partial charge in [0.1, 0.15) is 0 Å². The third-order valence-corrected chi connectivity index (χ3v) is 0.605. The highest BCUT2D eigenvalue weighted by molar-refractivity contribution is 5.71. The van der Waals surface area contributed by atoms with Crippen molar-refractivity contribution in [2.45, 2.75) is 6.42 Å². The van der Waals surface area contributed by atoms with Crippen molar-refractivity contribution in [2.24, 2.45) is 0 Å². The number of rotatable bonds is 3. The van der Waals surface area contributed by atoms with Gasteiger partial charge < -0.3 is 9.84 Å². The Morgan fingerprint density at radius 1 is 1.78 bits per heavy atom. The highest BCUT2D eigenvalue weighted by atomic mass is 16.5. The molecule has 0 fully saturated rings. The molecule has 3 heteroatoms. The Morgan fingerprint density at radius 2 is 2.44 bits per heavy atom. The van der Waals surface area contributed by atoms with Crippen molar-refractivity contribution in [3.05, 3.63) is 25.2 Å². The summed E-state index contributed by atoms with van der Waals surface area (Å²) in [6.45, 7) is 3.18. The van der Waals surface area contributed by atoms with Crippen LogP contribution < -0.4 is 0 Å². The molecule has 0 amide bonds. The van der Waals surface area contributed by atoms with Gasteiger partial charge in [0.05, 0.1) is 18.9 Å². The van der Waals surface area contributed by atoms with Crippen molar-refractivity contribution in [3.63, 3.8) is 0 Å². The zero-order chi connectivity index (χ0) is 7.11. The summed E-state index contributed by atoms with van der Waals surface area (Å²) in [7, 11) is 0. The minimum Gasteiger partial charge on any atom is -0.516 e. The molecule has 50 valence electrons. The van der Waals surface area contributed by atoms with Crippen LogP contribution in [0.3, 0.4) is 0 Å². The average molecular weight is 128 g/mol. The van der Waals surface area contributed by atoms with E-state index in [1.54, 1.807) is 0 Å². The summed E-state index contributed by atoms with van der Waals surface area (Å²) in [5.74, 6) is -0.435. The van der Waals surface area contributed by atoms with E-state index in [-0.39, 0.29) is 6.42 Å². The van der Waals surface area contributed by atoms with Crippen LogP contribution in [-0.4, -0.2) is 11.1 Å². The molecule has 0 aliphatic carbocycles. The number of aliphatic hydroxyl groups excluding tert-OH is 1. The molecule has 0 saturated heterocycles. The first-order chi connectivity index (χ1) is 4.31. The predicted molar refractivity (Wildman–Crippen MR) is 32.7 cm³/mol. The van der Waals surface area contributed by atoms with E-state index in [2.05, 4.69) is 11.3 Å². The second kappa shape index (κ2) is 4.90. The maximum atomic E-state index is 10.3. The topological polar surface area (TPSA) is 46.5 Å². The third kappa shape index (κ3) is 4.61. The predicted octanol–water partition coefficient (Wildman–Crippen LogP) is 1.13. The van der Waals surface area contributed by atoms with Crippen molar-refractivity contribution >= 4 is 5.97 Å². The van der Waals surface area contributed by atoms with Crippen LogP contribution in [-0.2, 0) is 9.53 Å². The van der Waals surface area contributed by atoms with Crippen LogP contribution in [0.4, 0.5) is 0 Å². The van der Waals surface area contributed by atoms with E-state index in [0.717, 1.165) is 12.5 Å². The summed E-state index contributed by atoms with van der Waals surface area (Å²) >= 11 is 0. The van der Waals surface area contributed by atoms with Gasteiger partial charge in [-0.15, -0.1) is 0 Å². The van der Waals surface area contributed by atoms with Crippen molar-refractivity contribution in [3.8, 4) is 0 Å². The van der Waals surface area contributed by atoms with E-state index >= 15 is 0 Å². The molecule has 0 aromatic carbocycles. The molecule has 0 saturated carbocycles. The minimum atomic E-state index is -0.435. The molecule has 0 atom stereocenters. The normalized spacial score (nSPS) is 9.33. The molecule has 0 radical (unpaired) electrons. The van der Waals surface area contributed by atoms with Gasteiger partial charge in [-0.25, -0.2) is 0 Å². The van der Waals surface area contributed by atoms with Gasteiger partial charge in [-0.1, -0.05) is 6.58 Å². The number of ether oxygens (including phenoxy) is 1. The second-order valence-electron chi connectivity index (χ2n) is 1.25. The van der Waals surface area contributed by atoms with E-state index in [0.29, 0.717) is 0 Å². The largest absolute Gasteiger partial charge is 0.516 e. The third-order valence-electron chi connectivity index (χ3n) is 0.605. The van der Waals surface area contributed by atoms with Crippen LogP contribution in [0.2, 0.25) is 0 Å². The highest BCUT2D eigenvalue weighted by Gasteiger charge is 1.93. The Morgan fingerprint density at radius 3 is 2.89 bits per heavy atom. The fraction of sp³-hybridized carbons (Fsp3) is 0.167. The maximum Gasteiger partial charge on any atom is 0.314 e. The summed E-state index contributed by atoms with van der Waals surface area (Å²) < 4.78 is 4.31. The first-order valence-corrected chi connectivity index (χ1v) is 2.41. The molecular formula is C6H8O3. The Hall–Kier alpha value is -1.25. The molecular weight excluding hydrogens is 120 g/mol. The average Bonchev–Trinajstić information content (AvgIpc) is 1.85. The molecule has 0 rings (SSSR count). The molecule has 9 heavy (non-hydrogen) atoms. The van der Waals surface area contributed by atoms with Crippen LogP contribution in [0.5, 0.6) is 0 Å². The van der Waals surface area contributed by atoms with E-state index in [9.17, 15) is 4.79 Å². The lowest BCUT2D eigenvalue weighted by Crippen LogP contribution is -1.95. The van der Waals surface area contributed by atoms with Crippen LogP contribution in [0.15, 0.2) is 25.2 Å². The van der Waals surface area contributed by atoms with Gasteiger partial charge in [0.2, 0.25) is 0 Å². The van der Waals surface area contributed by atoms with Gasteiger partial charge in [-0.2, -0.15) is 0 Å². The second-order valence-corrected chi connectivity index (χ2v) is 1.25. The number of hydrogen-bond donors (Lipinski definition) is 1. The number of carbonyl (C=O) groups excluding carboxylic acids is 1. The molecule has 0 unspecified atom stereocenters. The molecule has 3 nitrogen and oxygen atoms in total. The van der Waals surface area contributed by atoms with E-state index < -0.39 is 5.97 Å². The first-order valence-electron chi connectivity index (χ1n) is 2.41. The zero-order valence-electron chi connectivity index (χ0n) is 4.91. The van der Waals surface area contributed by atoms with Gasteiger partial charge >= 0.3 is 5.97 Å². The first kappa shape index (κ1) is 7.75. The molecule has 1 N–H and O–H groups in total. The Bertz CT molecular complexity index is 126. The van der Waals surface area contributed by atoms with Crippen LogP contribution in [0.25, 0.3) is 0 Å². The van der Waals surface area contributed by atoms with E-state index in [1.165, 1.54) is 6.08 Å². The van der Waals surface area contributed by atoms with Gasteiger partial charge in [0, 0.05) is 0 Å². The Balaban J connectivity index is 3.38. The molecule has 0 bridgehead atoms. The molecule has 0 aliphatic rings. The summed E-state index contributed by atoms with van der Waals surface area (Å²) in [4.78, 5) is 10.3. The molecule has 0 aromatic rings. The van der Waals surface area contributed by atoms with Crippen molar-refractivity contribution in [2.75, 3.05) is 0 Å². The Kier molecular flexibility index (Phi) is 4.22. The smallest absolute Gasteiger partial charge is 0.314 e. The van der Waals surface area contributed by atoms with Crippen LogP contribution >= 0.6 is 0 Å². The lowest BCUT2D eigenvalue weighted by atomic mass is 10.4. The molecule has 0 spiro atoms. The summed E-state index contributed by atoms with van der Waals surface area (Å²) in [5, 5.41) is 8.07. The fourth-order valence-electron chi connectivity index (χ4n) is 0.290. The quantitative estimate of drug-likeness (QED) is 0.458. The molecule has 0 aromatic heterocycles. The zero-order valence-corrected chi connectivity index (χ0v) is 4.91. The number of aliphatic hydroxyl groups is 1. The molecule has 0 aliphatic heterocycles. The van der Waals surface area contributed by atoms with Gasteiger partial charge in [0.15, 0.2) is 0 Å². The fourth-order valence-corrected chi connectivity index (χ4v) is 0.290. The maximum absolute atomic E-state index is 10.3.